The van der Waals surface area contributed by atoms with Crippen LogP contribution < -0.4 is 36.5 Å². The number of nitrogens with two attached hydrogens (primary N) is 1. The van der Waals surface area contributed by atoms with Crippen LogP contribution in [0.25, 0.3) is 0 Å². The van der Waals surface area contributed by atoms with Gasteiger partial charge in [0.05, 0.1) is 107 Å². The molecule has 3 fully saturated rings. The first kappa shape index (κ1) is 100. The maximum absolute atomic E-state index is 14.6. The monoisotopic (exact) mass is 1700 g/mol. The number of likely N-dealkylation sites (tertiary alicyclic amines) is 1. The third kappa shape index (κ3) is 29.1. The van der Waals surface area contributed by atoms with Gasteiger partial charge in [0, 0.05) is 107 Å². The van der Waals surface area contributed by atoms with Crippen molar-refractivity contribution in [3.63, 3.8) is 0 Å². The van der Waals surface area contributed by atoms with E-state index in [1.807, 2.05) is 69.2 Å². The summed E-state index contributed by atoms with van der Waals surface area (Å²) in [6.45, 7) is 25.4. The van der Waals surface area contributed by atoms with Crippen molar-refractivity contribution >= 4 is 59.7 Å². The van der Waals surface area contributed by atoms with Gasteiger partial charge in [-0.2, -0.15) is 0 Å². The average Bonchev–Trinajstić information content (AvgIpc) is 1.07. The van der Waals surface area contributed by atoms with Crippen molar-refractivity contribution in [2.75, 3.05) is 107 Å². The summed E-state index contributed by atoms with van der Waals surface area (Å²) in [5.41, 5.74) is 5.46. The minimum absolute atomic E-state index is 0.0567. The molecule has 4 aliphatic rings. The molecule has 3 saturated heterocycles. The van der Waals surface area contributed by atoms with Crippen LogP contribution in [0.4, 0.5) is 4.79 Å². The standard InChI is InChI=1S/C84H131N9O27/c1-18-49(4)68(61(111-16)33-65(99)92-29-19-20-58(92)73(112-17)50(5)74(105)89-57(77(108)109)31-51-21-24-54(25-22-51)117-78-69(101)59(96)32-55(36-94)118-78)90(14)66(100)35-87-76(107)67(48(2)3)91(15)80(110)116-38-52-23-26-60(119-79-72(104)71(103)70(102)62(37-95)120-79)56(30-52)75(106)88-41-82(8,9)44-114-43-81(6,7)40-86-34-53(85)39-113-46-84(12,13)47-115-45-83(10,11)42-93-63(97)27-28-64(93)98/h21-28,30,34,36,48-50,55,57-59,61-62,67-73,78-79,86,95-96,101-104H,18-20,29,31-33,35,37-47,85H2,1-17H3,(H,87,107)(H,88,106)(H,89,105)(H,108,109)/b53-34-/t49?,50?,55?,57?,58?,59?,61-,62?,67?,68?,69+,70?,71+,72-,73?,78?,79?/m1/s1. The smallest absolute Gasteiger partial charge is 0.410 e. The van der Waals surface area contributed by atoms with Gasteiger partial charge in [0.25, 0.3) is 17.7 Å². The van der Waals surface area contributed by atoms with Crippen molar-refractivity contribution in [3.05, 3.63) is 83.2 Å². The molecule has 0 saturated carbocycles. The highest BCUT2D eigenvalue weighted by Gasteiger charge is 2.47. The van der Waals surface area contributed by atoms with E-state index in [1.165, 1.54) is 80.6 Å². The van der Waals surface area contributed by atoms with Gasteiger partial charge in [-0.3, -0.25) is 43.4 Å². The summed E-state index contributed by atoms with van der Waals surface area (Å²) >= 11 is 0. The number of nitrogens with one attached hydrogen (secondary N) is 4. The molecule has 17 atom stereocenters. The number of ether oxygens (including phenoxy) is 10. The first-order valence-electron chi connectivity index (χ1n) is 40.7. The molecule has 0 radical (unpaired) electrons. The molecule has 13 unspecified atom stereocenters. The van der Waals surface area contributed by atoms with Crippen LogP contribution in [0.5, 0.6) is 11.5 Å². The van der Waals surface area contributed by atoms with Crippen LogP contribution in [0.15, 0.2) is 66.5 Å². The fourth-order valence-corrected chi connectivity index (χ4v) is 14.6. The van der Waals surface area contributed by atoms with E-state index >= 15 is 0 Å². The molecule has 120 heavy (non-hydrogen) atoms. The molecule has 4 aliphatic heterocycles. The second-order valence-corrected chi connectivity index (χ2v) is 35.2. The van der Waals surface area contributed by atoms with Crippen molar-refractivity contribution in [1.82, 2.24) is 40.9 Å². The largest absolute Gasteiger partial charge is 0.480 e. The minimum Gasteiger partial charge on any atom is -0.480 e. The fourth-order valence-electron chi connectivity index (χ4n) is 14.6. The van der Waals surface area contributed by atoms with Crippen LogP contribution in [-0.4, -0.2) is 314 Å². The number of hydrogen-bond acceptors (Lipinski definition) is 28. The van der Waals surface area contributed by atoms with Gasteiger partial charge in [0.15, 0.2) is 0 Å². The van der Waals surface area contributed by atoms with Gasteiger partial charge >= 0.3 is 12.1 Å². The zero-order valence-corrected chi connectivity index (χ0v) is 72.3. The lowest BCUT2D eigenvalue weighted by Crippen LogP contribution is -2.60. The van der Waals surface area contributed by atoms with Gasteiger partial charge in [-0.25, -0.2) is 9.59 Å². The number of imide groups is 1. The number of aliphatic carboxylic acids is 1. The van der Waals surface area contributed by atoms with Crippen LogP contribution >= 0.6 is 0 Å². The lowest BCUT2D eigenvalue weighted by atomic mass is 9.90. The van der Waals surface area contributed by atoms with Gasteiger partial charge in [-0.15, -0.1) is 0 Å². The molecule has 13 N–H and O–H groups in total. The lowest BCUT2D eigenvalue weighted by molar-refractivity contribution is -0.277. The third-order valence-corrected chi connectivity index (χ3v) is 21.7. The van der Waals surface area contributed by atoms with Gasteiger partial charge in [0.1, 0.15) is 73.1 Å². The van der Waals surface area contributed by atoms with E-state index < -0.39 is 175 Å². The highest BCUT2D eigenvalue weighted by molar-refractivity contribution is 6.13. The fraction of sp³-hybridized carbons (Fsp3) is 0.690. The second kappa shape index (κ2) is 45.6. The molecule has 6 rings (SSSR count). The number of amides is 8. The molecule has 0 spiro atoms. The maximum atomic E-state index is 14.6. The summed E-state index contributed by atoms with van der Waals surface area (Å²) in [4.78, 5) is 139. The molecule has 2 aromatic rings. The molecule has 0 aromatic heterocycles. The minimum atomic E-state index is -1.84. The van der Waals surface area contributed by atoms with Crippen LogP contribution in [0.1, 0.15) is 144 Å². The Balaban J connectivity index is 1.02. The number of likely N-dealkylation sites (N-methyl/N-ethyl adjacent to an activating group) is 2. The number of hydrogen-bond donors (Lipinski definition) is 12. The molecular formula is C84H131N9O27. The van der Waals surface area contributed by atoms with Crippen LogP contribution in [-0.2, 0) is 89.3 Å². The maximum Gasteiger partial charge on any atom is 0.410 e. The predicted octanol–water partition coefficient (Wildman–Crippen LogP) is 1.92. The summed E-state index contributed by atoms with van der Waals surface area (Å²) in [5.74, 6) is -6.66. The van der Waals surface area contributed by atoms with Gasteiger partial charge in [-0.1, -0.05) is 115 Å². The van der Waals surface area contributed by atoms with Crippen molar-refractivity contribution in [2.45, 2.75) is 227 Å². The predicted molar refractivity (Wildman–Crippen MR) is 434 cm³/mol. The summed E-state index contributed by atoms with van der Waals surface area (Å²) in [6, 6.07) is 6.32. The second-order valence-electron chi connectivity index (χ2n) is 35.2. The Morgan fingerprint density at radius 2 is 1.33 bits per heavy atom. The number of aliphatic hydroxyl groups excluding tert-OH is 6. The number of carboxylic acids is 1. The number of nitrogens with zero attached hydrogens (tertiary/aromatic N) is 4. The van der Waals surface area contributed by atoms with Crippen LogP contribution in [0.2, 0.25) is 0 Å². The number of carboxylic acid groups (broad SMARTS) is 1. The Labute approximate surface area is 702 Å². The number of benzene rings is 2. The summed E-state index contributed by atoms with van der Waals surface area (Å²) < 4.78 is 58.6. The highest BCUT2D eigenvalue weighted by Crippen LogP contribution is 2.34. The Morgan fingerprint density at radius 1 is 0.725 bits per heavy atom. The summed E-state index contributed by atoms with van der Waals surface area (Å²) in [7, 11) is 5.71. The molecule has 0 bridgehead atoms. The SMILES string of the molecule is CCC(C)C([C@@H](CC(=O)N1CCCC1C(OC)C(C)C(=O)NC(Cc1ccc(OC2OC(C=O)CC(O)[C@@H]2O)cc1)C(=O)O)OC)N(C)C(=O)CNC(=O)C(C(C)C)N(C)C(=O)OCc1ccc(OC2OC(CO)C(O)[C@H](O)[C@H]2O)c(C(=O)NCC(C)(C)COCC(C)(C)CN/C=C(\N)COCC(C)(C)COCC(C)(C)CN2C(=O)C=CC2=O)c1. The topological polar surface area (TPSA) is 492 Å². The Morgan fingerprint density at radius 3 is 1.93 bits per heavy atom. The average molecular weight is 1700 g/mol. The van der Waals surface area contributed by atoms with Crippen LogP contribution in [0, 0.1) is 39.4 Å². The summed E-state index contributed by atoms with van der Waals surface area (Å²) in [6.07, 6.45) is -10.4. The van der Waals surface area contributed by atoms with E-state index in [-0.39, 0.29) is 97.2 Å². The quantitative estimate of drug-likeness (QED) is 0.0333. The van der Waals surface area contributed by atoms with Crippen molar-refractivity contribution in [1.29, 1.82) is 0 Å². The first-order chi connectivity index (χ1) is 56.3. The Kier molecular flexibility index (Phi) is 38.1. The molecule has 8 amide bonds. The van der Waals surface area contributed by atoms with Crippen molar-refractivity contribution in [2.24, 2.45) is 45.1 Å². The number of rotatable bonds is 48. The molecule has 36 heteroatoms. The zero-order chi connectivity index (χ0) is 89.5. The molecule has 36 nitrogen and oxygen atoms in total. The molecule has 2 aromatic carbocycles. The lowest BCUT2D eigenvalue weighted by Gasteiger charge is -2.39. The van der Waals surface area contributed by atoms with E-state index in [9.17, 15) is 83.7 Å². The van der Waals surface area contributed by atoms with E-state index in [0.717, 1.165) is 4.90 Å². The van der Waals surface area contributed by atoms with Gasteiger partial charge in [0.2, 0.25) is 36.2 Å². The van der Waals surface area contributed by atoms with Crippen LogP contribution in [0.3, 0.4) is 0 Å². The summed E-state index contributed by atoms with van der Waals surface area (Å²) in [5, 5.41) is 84.3. The number of aldehydes is 1. The van der Waals surface area contributed by atoms with E-state index in [1.54, 1.807) is 44.0 Å². The normalized spacial score (nSPS) is 22.9. The molecule has 4 heterocycles. The molecular weight excluding hydrogens is 1570 g/mol. The van der Waals surface area contributed by atoms with E-state index in [0.29, 0.717) is 76.3 Å². The van der Waals surface area contributed by atoms with Crippen molar-refractivity contribution in [3.8, 4) is 11.5 Å². The molecule has 674 valence electrons. The molecule has 0 aliphatic carbocycles. The number of methoxy groups -OCH3 is 2. The first-order valence-corrected chi connectivity index (χ1v) is 40.7. The van der Waals surface area contributed by atoms with Crippen molar-refractivity contribution < 1.29 is 131 Å². The number of aliphatic hydroxyl groups is 6. The van der Waals surface area contributed by atoms with E-state index in [4.69, 9.17) is 53.1 Å². The number of carbonyl (C=O) groups excluding carboxylic acids is 9. The van der Waals surface area contributed by atoms with E-state index in [2.05, 4.69) is 21.3 Å². The highest BCUT2D eigenvalue weighted by atomic mass is 16.7. The van der Waals surface area contributed by atoms with Gasteiger partial charge < -0.3 is 125 Å². The number of carbonyl (C=O) groups is 10. The Bertz CT molecular complexity index is 3780. The third-order valence-electron chi connectivity index (χ3n) is 21.7. The zero-order valence-electron chi connectivity index (χ0n) is 72.3. The van der Waals surface area contributed by atoms with Gasteiger partial charge in [-0.05, 0) is 60.1 Å². The Hall–Kier alpha value is -8.50.